The number of halogens is 1. The molecule has 3 amide bonds. The van der Waals surface area contributed by atoms with Gasteiger partial charge in [0.15, 0.2) is 0 Å². The molecule has 1 unspecified atom stereocenters. The van der Waals surface area contributed by atoms with Crippen molar-refractivity contribution in [2.24, 2.45) is 11.7 Å². The van der Waals surface area contributed by atoms with Gasteiger partial charge in [-0.25, -0.2) is 9.78 Å². The van der Waals surface area contributed by atoms with Gasteiger partial charge < -0.3 is 16.0 Å². The first-order valence-electron chi connectivity index (χ1n) is 6.51. The largest absolute Gasteiger partial charge is 0.352 e. The van der Waals surface area contributed by atoms with Crippen LogP contribution < -0.4 is 11.1 Å². The Hall–Kier alpha value is -1.63. The summed E-state index contributed by atoms with van der Waals surface area (Å²) in [5.41, 5.74) is 5.50. The Morgan fingerprint density at radius 1 is 1.55 bits per heavy atom. The standard InChI is InChI=1S/C13H17BrN4O2/c14-10-4-1-5-16-11(10)12(19)18-6-2-3-9(8-18)7-17-13(15)20/h1,4-5,9H,2-3,6-8H2,(H3,15,17,20). The molecule has 0 bridgehead atoms. The molecule has 1 fully saturated rings. The Morgan fingerprint density at radius 3 is 3.05 bits per heavy atom. The summed E-state index contributed by atoms with van der Waals surface area (Å²) in [6.45, 7) is 1.83. The van der Waals surface area contributed by atoms with Crippen molar-refractivity contribution in [3.8, 4) is 0 Å². The highest BCUT2D eigenvalue weighted by atomic mass is 79.9. The number of aromatic nitrogens is 1. The van der Waals surface area contributed by atoms with E-state index in [1.165, 1.54) is 0 Å². The summed E-state index contributed by atoms with van der Waals surface area (Å²) in [6, 6.07) is 3.05. The molecule has 3 N–H and O–H groups in total. The highest BCUT2D eigenvalue weighted by Gasteiger charge is 2.26. The Balaban J connectivity index is 2.00. The number of amides is 3. The number of primary amides is 1. The fourth-order valence-corrected chi connectivity index (χ4v) is 2.78. The van der Waals surface area contributed by atoms with Gasteiger partial charge in [-0.1, -0.05) is 0 Å². The SMILES string of the molecule is NC(=O)NCC1CCCN(C(=O)c2ncccc2Br)C1. The first-order valence-corrected chi connectivity index (χ1v) is 7.30. The third-order valence-corrected chi connectivity index (χ3v) is 3.97. The van der Waals surface area contributed by atoms with Crippen LogP contribution in [0.2, 0.25) is 0 Å². The third kappa shape index (κ3) is 3.69. The molecule has 0 aromatic carbocycles. The predicted octanol–water partition coefficient (Wildman–Crippen LogP) is 1.36. The van der Waals surface area contributed by atoms with Gasteiger partial charge in [-0.05, 0) is 46.8 Å². The first kappa shape index (κ1) is 14.8. The van der Waals surface area contributed by atoms with Crippen molar-refractivity contribution in [1.82, 2.24) is 15.2 Å². The Labute approximate surface area is 125 Å². The van der Waals surface area contributed by atoms with E-state index in [0.717, 1.165) is 19.4 Å². The van der Waals surface area contributed by atoms with Crippen LogP contribution in [0.15, 0.2) is 22.8 Å². The van der Waals surface area contributed by atoms with Crippen LogP contribution in [-0.2, 0) is 0 Å². The van der Waals surface area contributed by atoms with Crippen molar-refractivity contribution >= 4 is 27.9 Å². The number of likely N-dealkylation sites (tertiary alicyclic amines) is 1. The van der Waals surface area contributed by atoms with E-state index in [0.29, 0.717) is 23.3 Å². The number of carbonyl (C=O) groups excluding carboxylic acids is 2. The van der Waals surface area contributed by atoms with E-state index >= 15 is 0 Å². The summed E-state index contributed by atoms with van der Waals surface area (Å²) in [6.07, 6.45) is 3.50. The minimum Gasteiger partial charge on any atom is -0.352 e. The van der Waals surface area contributed by atoms with Crippen molar-refractivity contribution < 1.29 is 9.59 Å². The number of rotatable bonds is 3. The number of nitrogens with one attached hydrogen (secondary N) is 1. The number of urea groups is 1. The molecule has 2 heterocycles. The van der Waals surface area contributed by atoms with E-state index in [4.69, 9.17) is 5.73 Å². The summed E-state index contributed by atoms with van der Waals surface area (Å²) in [5.74, 6) is 0.156. The molecule has 108 valence electrons. The molecular formula is C13H17BrN4O2. The molecule has 0 spiro atoms. The van der Waals surface area contributed by atoms with Crippen molar-refractivity contribution in [2.45, 2.75) is 12.8 Å². The molecule has 0 radical (unpaired) electrons. The van der Waals surface area contributed by atoms with E-state index in [2.05, 4.69) is 26.2 Å². The maximum Gasteiger partial charge on any atom is 0.312 e. The van der Waals surface area contributed by atoms with E-state index in [-0.39, 0.29) is 11.8 Å². The number of pyridine rings is 1. The van der Waals surface area contributed by atoms with E-state index in [1.54, 1.807) is 23.2 Å². The fraction of sp³-hybridized carbons (Fsp3) is 0.462. The van der Waals surface area contributed by atoms with Gasteiger partial charge in [-0.2, -0.15) is 0 Å². The second-order valence-corrected chi connectivity index (χ2v) is 5.69. The zero-order valence-corrected chi connectivity index (χ0v) is 12.6. The lowest BCUT2D eigenvalue weighted by molar-refractivity contribution is 0.0668. The van der Waals surface area contributed by atoms with Crippen LogP contribution in [0.4, 0.5) is 4.79 Å². The van der Waals surface area contributed by atoms with Crippen LogP contribution in [0.25, 0.3) is 0 Å². The molecule has 20 heavy (non-hydrogen) atoms. The summed E-state index contributed by atoms with van der Waals surface area (Å²) < 4.78 is 0.697. The summed E-state index contributed by atoms with van der Waals surface area (Å²) in [4.78, 5) is 29.1. The second-order valence-electron chi connectivity index (χ2n) is 4.84. The molecule has 6 nitrogen and oxygen atoms in total. The average molecular weight is 341 g/mol. The smallest absolute Gasteiger partial charge is 0.312 e. The third-order valence-electron chi connectivity index (χ3n) is 3.33. The molecule has 1 aliphatic rings. The van der Waals surface area contributed by atoms with Crippen LogP contribution in [0.3, 0.4) is 0 Å². The first-order chi connectivity index (χ1) is 9.58. The number of nitrogens with two attached hydrogens (primary N) is 1. The molecule has 1 aliphatic heterocycles. The molecule has 1 saturated heterocycles. The Morgan fingerprint density at radius 2 is 2.35 bits per heavy atom. The highest BCUT2D eigenvalue weighted by Crippen LogP contribution is 2.20. The molecule has 1 aromatic heterocycles. The molecule has 7 heteroatoms. The lowest BCUT2D eigenvalue weighted by Gasteiger charge is -2.32. The van der Waals surface area contributed by atoms with Crippen molar-refractivity contribution in [3.05, 3.63) is 28.5 Å². The lowest BCUT2D eigenvalue weighted by Crippen LogP contribution is -2.44. The molecule has 0 saturated carbocycles. The quantitative estimate of drug-likeness (QED) is 0.870. The summed E-state index contributed by atoms with van der Waals surface area (Å²) in [5, 5.41) is 2.60. The van der Waals surface area contributed by atoms with E-state index in [9.17, 15) is 9.59 Å². The van der Waals surface area contributed by atoms with Crippen molar-refractivity contribution in [3.63, 3.8) is 0 Å². The zero-order valence-electron chi connectivity index (χ0n) is 11.0. The normalized spacial score (nSPS) is 18.6. The van der Waals surface area contributed by atoms with Gasteiger partial charge in [-0.15, -0.1) is 0 Å². The number of nitrogens with zero attached hydrogens (tertiary/aromatic N) is 2. The average Bonchev–Trinajstić information content (AvgIpc) is 2.45. The number of hydrogen-bond donors (Lipinski definition) is 2. The molecule has 2 rings (SSSR count). The van der Waals surface area contributed by atoms with Crippen LogP contribution in [0.1, 0.15) is 23.3 Å². The van der Waals surface area contributed by atoms with Gasteiger partial charge in [0, 0.05) is 30.3 Å². The van der Waals surface area contributed by atoms with Crippen molar-refractivity contribution in [1.29, 1.82) is 0 Å². The predicted molar refractivity (Wildman–Crippen MR) is 78.2 cm³/mol. The van der Waals surface area contributed by atoms with Gasteiger partial charge in [0.1, 0.15) is 5.69 Å². The maximum absolute atomic E-state index is 12.4. The topological polar surface area (TPSA) is 88.3 Å². The zero-order chi connectivity index (χ0) is 14.5. The van der Waals surface area contributed by atoms with Crippen molar-refractivity contribution in [2.75, 3.05) is 19.6 Å². The number of hydrogen-bond acceptors (Lipinski definition) is 3. The van der Waals surface area contributed by atoms with Gasteiger partial charge >= 0.3 is 6.03 Å². The molecular weight excluding hydrogens is 324 g/mol. The molecule has 1 aromatic rings. The fourth-order valence-electron chi connectivity index (χ4n) is 2.35. The summed E-state index contributed by atoms with van der Waals surface area (Å²) >= 11 is 3.34. The number of piperidine rings is 1. The van der Waals surface area contributed by atoms with E-state index < -0.39 is 6.03 Å². The minimum absolute atomic E-state index is 0.0822. The van der Waals surface area contributed by atoms with Crippen LogP contribution >= 0.6 is 15.9 Å². The summed E-state index contributed by atoms with van der Waals surface area (Å²) in [7, 11) is 0. The van der Waals surface area contributed by atoms with Gasteiger partial charge in [0.25, 0.3) is 5.91 Å². The minimum atomic E-state index is -0.527. The lowest BCUT2D eigenvalue weighted by atomic mass is 9.97. The van der Waals surface area contributed by atoms with Crippen LogP contribution in [-0.4, -0.2) is 41.5 Å². The second kappa shape index (κ2) is 6.69. The molecule has 0 aliphatic carbocycles. The number of carbonyl (C=O) groups is 2. The Bertz CT molecular complexity index is 509. The van der Waals surface area contributed by atoms with Gasteiger partial charge in [0.05, 0.1) is 0 Å². The van der Waals surface area contributed by atoms with Crippen LogP contribution in [0.5, 0.6) is 0 Å². The van der Waals surface area contributed by atoms with Gasteiger partial charge in [0.2, 0.25) is 0 Å². The van der Waals surface area contributed by atoms with Crippen LogP contribution in [0, 0.1) is 5.92 Å². The molecule has 1 atom stereocenters. The maximum atomic E-state index is 12.4. The highest BCUT2D eigenvalue weighted by molar-refractivity contribution is 9.10. The van der Waals surface area contributed by atoms with Gasteiger partial charge in [-0.3, -0.25) is 4.79 Å². The Kier molecular flexibility index (Phi) is 4.94. The van der Waals surface area contributed by atoms with E-state index in [1.807, 2.05) is 0 Å². The monoisotopic (exact) mass is 340 g/mol.